The minimum absolute atomic E-state index is 0.130. The Morgan fingerprint density at radius 2 is 1.62 bits per heavy atom. The van der Waals surface area contributed by atoms with Gasteiger partial charge in [0.15, 0.2) is 5.75 Å². The fourth-order valence-corrected chi connectivity index (χ4v) is 3.09. The van der Waals surface area contributed by atoms with Gasteiger partial charge in [0.25, 0.3) is 0 Å². The second-order valence-electron chi connectivity index (χ2n) is 7.53. The van der Waals surface area contributed by atoms with Gasteiger partial charge in [0, 0.05) is 11.8 Å². The van der Waals surface area contributed by atoms with Gasteiger partial charge in [-0.3, -0.25) is 0 Å². The van der Waals surface area contributed by atoms with Gasteiger partial charge in [-0.15, -0.1) is 0 Å². The molecule has 0 fully saturated rings. The van der Waals surface area contributed by atoms with Gasteiger partial charge in [-0.2, -0.15) is 5.10 Å². The molecule has 0 saturated heterocycles. The van der Waals surface area contributed by atoms with E-state index in [1.807, 2.05) is 48.5 Å². The number of urea groups is 1. The van der Waals surface area contributed by atoms with Crippen molar-refractivity contribution in [1.82, 2.24) is 9.78 Å². The molecule has 0 radical (unpaired) electrons. The van der Waals surface area contributed by atoms with E-state index < -0.39 is 6.03 Å². The number of nitrogens with zero attached hydrogens (tertiary/aromatic N) is 2. The van der Waals surface area contributed by atoms with E-state index in [1.54, 1.807) is 28.9 Å². The highest BCUT2D eigenvalue weighted by Crippen LogP contribution is 2.32. The molecular formula is C25H24N4O3. The molecule has 0 aliphatic rings. The molecule has 0 saturated carbocycles. The molecule has 0 aliphatic carbocycles. The van der Waals surface area contributed by atoms with Crippen molar-refractivity contribution < 1.29 is 14.6 Å². The van der Waals surface area contributed by atoms with Crippen molar-refractivity contribution in [3.05, 3.63) is 90.6 Å². The third-order valence-corrected chi connectivity index (χ3v) is 4.76. The van der Waals surface area contributed by atoms with Crippen LogP contribution in [0, 0.1) is 0 Å². The summed E-state index contributed by atoms with van der Waals surface area (Å²) in [4.78, 5) is 12.5. The maximum atomic E-state index is 12.5. The van der Waals surface area contributed by atoms with E-state index in [1.165, 1.54) is 12.1 Å². The monoisotopic (exact) mass is 428 g/mol. The Balaban J connectivity index is 1.58. The van der Waals surface area contributed by atoms with Crippen LogP contribution in [0.15, 0.2) is 84.9 Å². The SMILES string of the molecule is CC(C)c1cc(Oc2ccccc2NC(=O)Nc2ccc(O)cc2)n(-c2ccccc2)n1. The lowest BCUT2D eigenvalue weighted by Gasteiger charge is -2.14. The van der Waals surface area contributed by atoms with Crippen LogP contribution in [0.5, 0.6) is 17.4 Å². The summed E-state index contributed by atoms with van der Waals surface area (Å²) in [6, 6.07) is 24.7. The maximum Gasteiger partial charge on any atom is 0.323 e. The molecule has 7 heteroatoms. The molecule has 3 N–H and O–H groups in total. The lowest BCUT2D eigenvalue weighted by molar-refractivity contribution is 0.262. The Labute approximate surface area is 186 Å². The lowest BCUT2D eigenvalue weighted by atomic mass is 10.1. The first-order valence-electron chi connectivity index (χ1n) is 10.3. The van der Waals surface area contributed by atoms with Gasteiger partial charge in [-0.1, -0.05) is 44.2 Å². The van der Waals surface area contributed by atoms with Crippen LogP contribution in [0.1, 0.15) is 25.5 Å². The summed E-state index contributed by atoms with van der Waals surface area (Å²) in [5.74, 6) is 1.39. The summed E-state index contributed by atoms with van der Waals surface area (Å²) in [5, 5.41) is 19.6. The molecule has 3 aromatic carbocycles. The van der Waals surface area contributed by atoms with Crippen LogP contribution in [0.4, 0.5) is 16.2 Å². The van der Waals surface area contributed by atoms with E-state index in [4.69, 9.17) is 9.84 Å². The van der Waals surface area contributed by atoms with Crippen LogP contribution < -0.4 is 15.4 Å². The summed E-state index contributed by atoms with van der Waals surface area (Å²) >= 11 is 0. The van der Waals surface area contributed by atoms with E-state index in [9.17, 15) is 9.90 Å². The van der Waals surface area contributed by atoms with Gasteiger partial charge in [0.1, 0.15) is 5.75 Å². The quantitative estimate of drug-likeness (QED) is 0.322. The molecule has 32 heavy (non-hydrogen) atoms. The number of ether oxygens (including phenoxy) is 1. The molecule has 7 nitrogen and oxygen atoms in total. The number of nitrogens with one attached hydrogen (secondary N) is 2. The largest absolute Gasteiger partial charge is 0.508 e. The smallest absolute Gasteiger partial charge is 0.323 e. The van der Waals surface area contributed by atoms with Crippen molar-refractivity contribution in [2.24, 2.45) is 0 Å². The number of para-hydroxylation sites is 3. The Kier molecular flexibility index (Phi) is 6.07. The fourth-order valence-electron chi connectivity index (χ4n) is 3.09. The Morgan fingerprint density at radius 1 is 0.938 bits per heavy atom. The summed E-state index contributed by atoms with van der Waals surface area (Å²) < 4.78 is 7.97. The highest BCUT2D eigenvalue weighted by Gasteiger charge is 2.16. The number of hydrogen-bond donors (Lipinski definition) is 3. The third kappa shape index (κ3) is 4.89. The maximum absolute atomic E-state index is 12.5. The van der Waals surface area contributed by atoms with Crippen molar-refractivity contribution >= 4 is 17.4 Å². The number of carbonyl (C=O) groups is 1. The second kappa shape index (κ2) is 9.26. The summed E-state index contributed by atoms with van der Waals surface area (Å²) in [6.45, 7) is 4.15. The van der Waals surface area contributed by atoms with Crippen molar-refractivity contribution in [2.45, 2.75) is 19.8 Å². The van der Waals surface area contributed by atoms with Crippen LogP contribution in [-0.4, -0.2) is 20.9 Å². The number of aromatic hydroxyl groups is 1. The highest BCUT2D eigenvalue weighted by molar-refractivity contribution is 6.00. The molecule has 1 heterocycles. The zero-order valence-corrected chi connectivity index (χ0v) is 17.8. The molecule has 0 atom stereocenters. The third-order valence-electron chi connectivity index (χ3n) is 4.76. The van der Waals surface area contributed by atoms with Gasteiger partial charge in [0.2, 0.25) is 5.88 Å². The number of amides is 2. The first-order chi connectivity index (χ1) is 15.5. The average molecular weight is 428 g/mol. The first kappa shape index (κ1) is 21.0. The highest BCUT2D eigenvalue weighted by atomic mass is 16.5. The van der Waals surface area contributed by atoms with E-state index in [2.05, 4.69) is 24.5 Å². The minimum Gasteiger partial charge on any atom is -0.508 e. The predicted octanol–water partition coefficient (Wildman–Crippen LogP) is 6.14. The number of aromatic nitrogens is 2. The summed E-state index contributed by atoms with van der Waals surface area (Å²) in [6.07, 6.45) is 0. The molecule has 1 aromatic heterocycles. The average Bonchev–Trinajstić information content (AvgIpc) is 3.21. The van der Waals surface area contributed by atoms with Crippen molar-refractivity contribution in [1.29, 1.82) is 0 Å². The topological polar surface area (TPSA) is 88.4 Å². The standard InChI is InChI=1S/C25H24N4O3/c1-17(2)22-16-24(29(28-22)19-8-4-3-5-9-19)32-23-11-7-6-10-21(23)27-25(31)26-18-12-14-20(30)15-13-18/h3-17,30H,1-2H3,(H2,26,27,31). The molecule has 0 unspecified atom stereocenters. The van der Waals surface area contributed by atoms with Gasteiger partial charge in [0.05, 0.1) is 17.1 Å². The van der Waals surface area contributed by atoms with E-state index in [0.29, 0.717) is 23.0 Å². The fraction of sp³-hybridized carbons (Fsp3) is 0.120. The van der Waals surface area contributed by atoms with Crippen LogP contribution in [0.25, 0.3) is 5.69 Å². The number of hydrogen-bond acceptors (Lipinski definition) is 4. The number of phenols is 1. The number of benzene rings is 3. The van der Waals surface area contributed by atoms with Gasteiger partial charge in [-0.05, 0) is 54.4 Å². The molecule has 4 aromatic rings. The summed E-state index contributed by atoms with van der Waals surface area (Å²) in [7, 11) is 0. The van der Waals surface area contributed by atoms with Gasteiger partial charge in [-0.25, -0.2) is 9.48 Å². The van der Waals surface area contributed by atoms with Crippen molar-refractivity contribution in [2.75, 3.05) is 10.6 Å². The number of anilines is 2. The Hall–Kier alpha value is -4.26. The van der Waals surface area contributed by atoms with Crippen LogP contribution in [-0.2, 0) is 0 Å². The van der Waals surface area contributed by atoms with E-state index in [-0.39, 0.29) is 11.7 Å². The molecule has 162 valence electrons. The molecule has 0 spiro atoms. The zero-order chi connectivity index (χ0) is 22.5. The molecule has 0 aliphatic heterocycles. The van der Waals surface area contributed by atoms with Gasteiger partial charge < -0.3 is 20.5 Å². The first-order valence-corrected chi connectivity index (χ1v) is 10.3. The van der Waals surface area contributed by atoms with Crippen LogP contribution in [0.2, 0.25) is 0 Å². The molecular weight excluding hydrogens is 404 g/mol. The molecule has 4 rings (SSSR count). The number of phenolic OH excluding ortho intramolecular Hbond substituents is 1. The normalized spacial score (nSPS) is 10.7. The van der Waals surface area contributed by atoms with Crippen LogP contribution in [0.3, 0.4) is 0 Å². The molecule has 2 amide bonds. The van der Waals surface area contributed by atoms with Crippen molar-refractivity contribution in [3.8, 4) is 23.1 Å². The molecule has 0 bridgehead atoms. The van der Waals surface area contributed by atoms with Gasteiger partial charge >= 0.3 is 6.03 Å². The van der Waals surface area contributed by atoms with E-state index in [0.717, 1.165) is 11.4 Å². The van der Waals surface area contributed by atoms with Crippen LogP contribution >= 0.6 is 0 Å². The number of carbonyl (C=O) groups excluding carboxylic acids is 1. The number of rotatable bonds is 6. The van der Waals surface area contributed by atoms with E-state index >= 15 is 0 Å². The zero-order valence-electron chi connectivity index (χ0n) is 17.8. The lowest BCUT2D eigenvalue weighted by Crippen LogP contribution is -2.19. The minimum atomic E-state index is -0.425. The second-order valence-corrected chi connectivity index (χ2v) is 7.53. The Bertz CT molecular complexity index is 1200. The summed E-state index contributed by atoms with van der Waals surface area (Å²) in [5.41, 5.74) is 2.85. The van der Waals surface area contributed by atoms with Crippen molar-refractivity contribution in [3.63, 3.8) is 0 Å². The Morgan fingerprint density at radius 3 is 2.34 bits per heavy atom. The predicted molar refractivity (Wildman–Crippen MR) is 125 cm³/mol.